The van der Waals surface area contributed by atoms with Gasteiger partial charge in [-0.15, -0.1) is 0 Å². The molecule has 1 aromatic rings. The van der Waals surface area contributed by atoms with Crippen LogP contribution in [0.2, 0.25) is 0 Å². The van der Waals surface area contributed by atoms with Gasteiger partial charge in [0.2, 0.25) is 0 Å². The maximum Gasteiger partial charge on any atom is 0.159 e. The van der Waals surface area contributed by atoms with E-state index in [1.807, 2.05) is 6.92 Å². The van der Waals surface area contributed by atoms with E-state index in [4.69, 9.17) is 9.47 Å². The SMILES string of the molecule is CCNc1nc(C(C)OC)nc2c1COCC2. The van der Waals surface area contributed by atoms with E-state index in [2.05, 4.69) is 22.2 Å². The quantitative estimate of drug-likeness (QED) is 0.863. The number of ether oxygens (including phenoxy) is 2. The third kappa shape index (κ3) is 2.56. The number of hydrogen-bond acceptors (Lipinski definition) is 5. The Labute approximate surface area is 102 Å². The van der Waals surface area contributed by atoms with Crippen LogP contribution in [0.15, 0.2) is 0 Å². The minimum atomic E-state index is -0.0828. The molecule has 0 spiro atoms. The minimum Gasteiger partial charge on any atom is -0.376 e. The lowest BCUT2D eigenvalue weighted by molar-refractivity contribution is 0.102. The second kappa shape index (κ2) is 5.42. The van der Waals surface area contributed by atoms with Gasteiger partial charge in [-0.3, -0.25) is 0 Å². The molecule has 17 heavy (non-hydrogen) atoms. The number of hydrogen-bond donors (Lipinski definition) is 1. The highest BCUT2D eigenvalue weighted by Gasteiger charge is 2.19. The van der Waals surface area contributed by atoms with Gasteiger partial charge in [0, 0.05) is 25.6 Å². The Bertz CT molecular complexity index is 396. The van der Waals surface area contributed by atoms with Crippen LogP contribution < -0.4 is 5.32 Å². The largest absolute Gasteiger partial charge is 0.376 e. The Morgan fingerprint density at radius 2 is 2.29 bits per heavy atom. The van der Waals surface area contributed by atoms with Gasteiger partial charge in [0.05, 0.1) is 18.9 Å². The molecule has 0 amide bonds. The maximum absolute atomic E-state index is 5.46. The third-order valence-electron chi connectivity index (χ3n) is 2.90. The molecule has 0 aromatic carbocycles. The molecule has 0 fully saturated rings. The maximum atomic E-state index is 5.46. The van der Waals surface area contributed by atoms with Crippen molar-refractivity contribution in [1.82, 2.24) is 9.97 Å². The van der Waals surface area contributed by atoms with Crippen LogP contribution in [0, 0.1) is 0 Å². The number of anilines is 1. The lowest BCUT2D eigenvalue weighted by atomic mass is 10.1. The molecule has 0 saturated carbocycles. The molecule has 0 aliphatic carbocycles. The monoisotopic (exact) mass is 237 g/mol. The fourth-order valence-electron chi connectivity index (χ4n) is 1.85. The molecule has 5 heteroatoms. The van der Waals surface area contributed by atoms with Gasteiger partial charge < -0.3 is 14.8 Å². The summed E-state index contributed by atoms with van der Waals surface area (Å²) < 4.78 is 10.7. The van der Waals surface area contributed by atoms with Gasteiger partial charge in [0.15, 0.2) is 5.82 Å². The number of methoxy groups -OCH3 is 1. The van der Waals surface area contributed by atoms with E-state index < -0.39 is 0 Å². The van der Waals surface area contributed by atoms with Crippen molar-refractivity contribution in [1.29, 1.82) is 0 Å². The molecule has 1 aromatic heterocycles. The van der Waals surface area contributed by atoms with Crippen molar-refractivity contribution in [3.8, 4) is 0 Å². The molecule has 2 heterocycles. The highest BCUT2D eigenvalue weighted by Crippen LogP contribution is 2.24. The second-order valence-corrected chi connectivity index (χ2v) is 4.07. The number of nitrogens with zero attached hydrogens (tertiary/aromatic N) is 2. The molecular weight excluding hydrogens is 218 g/mol. The summed E-state index contributed by atoms with van der Waals surface area (Å²) in [5, 5.41) is 3.27. The molecule has 0 bridgehead atoms. The van der Waals surface area contributed by atoms with E-state index in [9.17, 15) is 0 Å². The van der Waals surface area contributed by atoms with Crippen molar-refractivity contribution < 1.29 is 9.47 Å². The van der Waals surface area contributed by atoms with E-state index in [0.29, 0.717) is 6.61 Å². The molecule has 1 atom stereocenters. The summed E-state index contributed by atoms with van der Waals surface area (Å²) in [6, 6.07) is 0. The summed E-state index contributed by atoms with van der Waals surface area (Å²) >= 11 is 0. The average molecular weight is 237 g/mol. The van der Waals surface area contributed by atoms with Crippen molar-refractivity contribution >= 4 is 5.82 Å². The van der Waals surface area contributed by atoms with Gasteiger partial charge in [0.1, 0.15) is 11.9 Å². The molecule has 1 aliphatic rings. The predicted octanol–water partition coefficient (Wildman–Crippen LogP) is 1.69. The first-order valence-electron chi connectivity index (χ1n) is 6.00. The molecule has 1 aliphatic heterocycles. The molecule has 94 valence electrons. The zero-order valence-corrected chi connectivity index (χ0v) is 10.6. The number of nitrogens with one attached hydrogen (secondary N) is 1. The van der Waals surface area contributed by atoms with Crippen LogP contribution >= 0.6 is 0 Å². The smallest absolute Gasteiger partial charge is 0.159 e. The molecule has 2 rings (SSSR count). The van der Waals surface area contributed by atoms with E-state index in [-0.39, 0.29) is 6.10 Å². The average Bonchev–Trinajstić information content (AvgIpc) is 2.38. The zero-order valence-electron chi connectivity index (χ0n) is 10.6. The van der Waals surface area contributed by atoms with Crippen LogP contribution in [0.3, 0.4) is 0 Å². The summed E-state index contributed by atoms with van der Waals surface area (Å²) in [4.78, 5) is 9.09. The van der Waals surface area contributed by atoms with E-state index in [0.717, 1.165) is 42.5 Å². The summed E-state index contributed by atoms with van der Waals surface area (Å²) in [6.45, 7) is 6.17. The number of aromatic nitrogens is 2. The normalized spacial score (nSPS) is 16.4. The lowest BCUT2D eigenvalue weighted by Crippen LogP contribution is -2.19. The summed E-state index contributed by atoms with van der Waals surface area (Å²) in [7, 11) is 1.67. The van der Waals surface area contributed by atoms with Crippen LogP contribution in [-0.4, -0.2) is 30.2 Å². The summed E-state index contributed by atoms with van der Waals surface area (Å²) in [5.74, 6) is 1.63. The Hall–Kier alpha value is -1.20. The highest BCUT2D eigenvalue weighted by molar-refractivity contribution is 5.47. The Morgan fingerprint density at radius 1 is 1.47 bits per heavy atom. The van der Waals surface area contributed by atoms with E-state index in [1.54, 1.807) is 7.11 Å². The Morgan fingerprint density at radius 3 is 3.00 bits per heavy atom. The summed E-state index contributed by atoms with van der Waals surface area (Å²) in [5.41, 5.74) is 2.17. The van der Waals surface area contributed by atoms with Crippen LogP contribution in [0.4, 0.5) is 5.82 Å². The van der Waals surface area contributed by atoms with Crippen LogP contribution in [0.1, 0.15) is 37.0 Å². The van der Waals surface area contributed by atoms with Crippen molar-refractivity contribution in [2.24, 2.45) is 0 Å². The topological polar surface area (TPSA) is 56.3 Å². The van der Waals surface area contributed by atoms with Gasteiger partial charge in [-0.2, -0.15) is 0 Å². The van der Waals surface area contributed by atoms with Crippen LogP contribution in [-0.2, 0) is 22.5 Å². The highest BCUT2D eigenvalue weighted by atomic mass is 16.5. The first kappa shape index (κ1) is 12.3. The first-order valence-corrected chi connectivity index (χ1v) is 6.00. The molecular formula is C12H19N3O2. The van der Waals surface area contributed by atoms with Gasteiger partial charge >= 0.3 is 0 Å². The van der Waals surface area contributed by atoms with E-state index >= 15 is 0 Å². The van der Waals surface area contributed by atoms with Gasteiger partial charge in [-0.25, -0.2) is 9.97 Å². The molecule has 0 radical (unpaired) electrons. The van der Waals surface area contributed by atoms with Crippen molar-refractivity contribution in [3.05, 3.63) is 17.1 Å². The summed E-state index contributed by atoms with van der Waals surface area (Å²) in [6.07, 6.45) is 0.764. The van der Waals surface area contributed by atoms with E-state index in [1.165, 1.54) is 0 Å². The predicted molar refractivity (Wildman–Crippen MR) is 65.0 cm³/mol. The zero-order chi connectivity index (χ0) is 12.3. The van der Waals surface area contributed by atoms with Gasteiger partial charge in [-0.1, -0.05) is 0 Å². The van der Waals surface area contributed by atoms with Crippen molar-refractivity contribution in [2.45, 2.75) is 33.0 Å². The minimum absolute atomic E-state index is 0.0828. The van der Waals surface area contributed by atoms with Crippen molar-refractivity contribution in [2.75, 3.05) is 25.6 Å². The standard InChI is InChI=1S/C12H19N3O2/c1-4-13-12-9-7-17-6-5-10(9)14-11(15-12)8(2)16-3/h8H,4-7H2,1-3H3,(H,13,14,15). The molecule has 1 N–H and O–H groups in total. The fourth-order valence-corrected chi connectivity index (χ4v) is 1.85. The number of rotatable bonds is 4. The second-order valence-electron chi connectivity index (χ2n) is 4.07. The molecule has 0 saturated heterocycles. The van der Waals surface area contributed by atoms with Crippen LogP contribution in [0.25, 0.3) is 0 Å². The fraction of sp³-hybridized carbons (Fsp3) is 0.667. The molecule has 5 nitrogen and oxygen atoms in total. The lowest BCUT2D eigenvalue weighted by Gasteiger charge is -2.21. The number of fused-ring (bicyclic) bond motifs is 1. The van der Waals surface area contributed by atoms with Gasteiger partial charge in [-0.05, 0) is 13.8 Å². The van der Waals surface area contributed by atoms with Crippen LogP contribution in [0.5, 0.6) is 0 Å². The van der Waals surface area contributed by atoms with Crippen molar-refractivity contribution in [3.63, 3.8) is 0 Å². The third-order valence-corrected chi connectivity index (χ3v) is 2.90. The van der Waals surface area contributed by atoms with Gasteiger partial charge in [0.25, 0.3) is 0 Å². The molecule has 1 unspecified atom stereocenters. The first-order chi connectivity index (χ1) is 8.26. The Balaban J connectivity index is 2.40. The Kier molecular flexibility index (Phi) is 3.91.